The zero-order valence-corrected chi connectivity index (χ0v) is 10.4. The molecule has 0 unspecified atom stereocenters. The predicted molar refractivity (Wildman–Crippen MR) is 62.6 cm³/mol. The van der Waals surface area contributed by atoms with Crippen LogP contribution in [0.15, 0.2) is 0 Å². The first-order valence-corrected chi connectivity index (χ1v) is 5.87. The van der Waals surface area contributed by atoms with Gasteiger partial charge in [-0.25, -0.2) is 0 Å². The van der Waals surface area contributed by atoms with Gasteiger partial charge in [-0.3, -0.25) is 0 Å². The zero-order chi connectivity index (χ0) is 11.5. The molecule has 0 aromatic rings. The molecule has 0 spiro atoms. The lowest BCUT2D eigenvalue weighted by molar-refractivity contribution is 0.129. The summed E-state index contributed by atoms with van der Waals surface area (Å²) in [5.74, 6) is 0. The van der Waals surface area contributed by atoms with E-state index >= 15 is 0 Å². The van der Waals surface area contributed by atoms with Crippen LogP contribution in [0.5, 0.6) is 0 Å². The maximum atomic E-state index is 9.15. The van der Waals surface area contributed by atoms with Crippen molar-refractivity contribution in [3.63, 3.8) is 0 Å². The van der Waals surface area contributed by atoms with Gasteiger partial charge in [0.05, 0.1) is 6.07 Å². The summed E-state index contributed by atoms with van der Waals surface area (Å²) in [5.41, 5.74) is -0.256. The highest BCUT2D eigenvalue weighted by molar-refractivity contribution is 5.09. The Kier molecular flexibility index (Phi) is 4.12. The van der Waals surface area contributed by atoms with Gasteiger partial charge in [-0.2, -0.15) is 5.26 Å². The molecule has 0 atom stereocenters. The van der Waals surface area contributed by atoms with Crippen molar-refractivity contribution in [2.24, 2.45) is 0 Å². The van der Waals surface area contributed by atoms with Gasteiger partial charge >= 0.3 is 0 Å². The second-order valence-corrected chi connectivity index (χ2v) is 4.93. The first-order chi connectivity index (χ1) is 7.04. The Bertz CT molecular complexity index is 234. The van der Waals surface area contributed by atoms with Crippen LogP contribution in [0.3, 0.4) is 0 Å². The SMILES string of the molecule is CNC1(C#N)CCC(N(C)C(C)C)CC1. The minimum absolute atomic E-state index is 0.256. The molecule has 1 N–H and O–H groups in total. The number of hydrogen-bond donors (Lipinski definition) is 1. The fourth-order valence-electron chi connectivity index (χ4n) is 2.34. The molecular weight excluding hydrogens is 186 g/mol. The van der Waals surface area contributed by atoms with E-state index in [2.05, 4.69) is 37.2 Å². The molecule has 1 rings (SSSR count). The van der Waals surface area contributed by atoms with Crippen LogP contribution in [0.1, 0.15) is 39.5 Å². The number of nitrogens with one attached hydrogen (secondary N) is 1. The molecule has 1 aliphatic rings. The van der Waals surface area contributed by atoms with Crippen molar-refractivity contribution in [2.45, 2.75) is 57.2 Å². The summed E-state index contributed by atoms with van der Waals surface area (Å²) in [6.07, 6.45) is 4.20. The second kappa shape index (κ2) is 4.96. The summed E-state index contributed by atoms with van der Waals surface area (Å²) in [6, 6.07) is 3.68. The average Bonchev–Trinajstić information content (AvgIpc) is 2.28. The highest BCUT2D eigenvalue weighted by Gasteiger charge is 2.35. The van der Waals surface area contributed by atoms with Crippen molar-refractivity contribution in [2.75, 3.05) is 14.1 Å². The van der Waals surface area contributed by atoms with E-state index in [9.17, 15) is 0 Å². The van der Waals surface area contributed by atoms with Crippen LogP contribution in [0.2, 0.25) is 0 Å². The third-order valence-corrected chi connectivity index (χ3v) is 3.89. The van der Waals surface area contributed by atoms with Gasteiger partial charge in [0.15, 0.2) is 0 Å². The molecule has 0 aliphatic heterocycles. The highest BCUT2D eigenvalue weighted by Crippen LogP contribution is 2.30. The van der Waals surface area contributed by atoms with Crippen LogP contribution in [-0.4, -0.2) is 36.6 Å². The van der Waals surface area contributed by atoms with Crippen LogP contribution in [-0.2, 0) is 0 Å². The van der Waals surface area contributed by atoms with Crippen molar-refractivity contribution in [1.82, 2.24) is 10.2 Å². The van der Waals surface area contributed by atoms with Crippen molar-refractivity contribution < 1.29 is 0 Å². The Balaban J connectivity index is 2.53. The van der Waals surface area contributed by atoms with Gasteiger partial charge in [0, 0.05) is 12.1 Å². The topological polar surface area (TPSA) is 39.1 Å². The normalized spacial score (nSPS) is 31.9. The van der Waals surface area contributed by atoms with Crippen LogP contribution >= 0.6 is 0 Å². The van der Waals surface area contributed by atoms with Gasteiger partial charge in [0.2, 0.25) is 0 Å². The number of nitriles is 1. The average molecular weight is 209 g/mol. The summed E-state index contributed by atoms with van der Waals surface area (Å²) < 4.78 is 0. The Hall–Kier alpha value is -0.590. The van der Waals surface area contributed by atoms with E-state index < -0.39 is 0 Å². The number of nitrogens with zero attached hydrogens (tertiary/aromatic N) is 2. The summed E-state index contributed by atoms with van der Waals surface area (Å²) in [7, 11) is 4.09. The van der Waals surface area contributed by atoms with E-state index in [4.69, 9.17) is 5.26 Å². The first kappa shape index (κ1) is 12.5. The molecule has 1 fully saturated rings. The highest BCUT2D eigenvalue weighted by atomic mass is 15.2. The molecule has 86 valence electrons. The lowest BCUT2D eigenvalue weighted by Gasteiger charge is -2.40. The lowest BCUT2D eigenvalue weighted by atomic mass is 9.80. The molecular formula is C12H23N3. The molecule has 3 heteroatoms. The monoisotopic (exact) mass is 209 g/mol. The minimum atomic E-state index is -0.256. The Morgan fingerprint density at radius 2 is 1.93 bits per heavy atom. The largest absolute Gasteiger partial charge is 0.302 e. The van der Waals surface area contributed by atoms with E-state index in [1.807, 2.05) is 7.05 Å². The maximum Gasteiger partial charge on any atom is 0.106 e. The molecule has 0 bridgehead atoms. The van der Waals surface area contributed by atoms with Crippen LogP contribution < -0.4 is 5.32 Å². The second-order valence-electron chi connectivity index (χ2n) is 4.93. The van der Waals surface area contributed by atoms with Gasteiger partial charge in [-0.1, -0.05) is 0 Å². The van der Waals surface area contributed by atoms with E-state index in [1.165, 1.54) is 0 Å². The Labute approximate surface area is 93.5 Å². The standard InChI is InChI=1S/C12H23N3/c1-10(2)15(4)11-5-7-12(9-13,14-3)8-6-11/h10-11,14H,5-8H2,1-4H3. The van der Waals surface area contributed by atoms with Crippen molar-refractivity contribution in [1.29, 1.82) is 5.26 Å². The number of hydrogen-bond acceptors (Lipinski definition) is 3. The molecule has 15 heavy (non-hydrogen) atoms. The van der Waals surface area contributed by atoms with Crippen LogP contribution in [0.4, 0.5) is 0 Å². The molecule has 0 aromatic carbocycles. The van der Waals surface area contributed by atoms with Gasteiger partial charge in [0.1, 0.15) is 5.54 Å². The molecule has 1 aliphatic carbocycles. The van der Waals surface area contributed by atoms with E-state index in [0.29, 0.717) is 12.1 Å². The molecule has 0 radical (unpaired) electrons. The number of rotatable bonds is 3. The van der Waals surface area contributed by atoms with E-state index in [0.717, 1.165) is 25.7 Å². The minimum Gasteiger partial charge on any atom is -0.302 e. The van der Waals surface area contributed by atoms with E-state index in [1.54, 1.807) is 0 Å². The first-order valence-electron chi connectivity index (χ1n) is 5.87. The van der Waals surface area contributed by atoms with Crippen molar-refractivity contribution in [3.05, 3.63) is 0 Å². The fraction of sp³-hybridized carbons (Fsp3) is 0.917. The summed E-state index contributed by atoms with van der Waals surface area (Å²) in [6.45, 7) is 4.45. The van der Waals surface area contributed by atoms with Gasteiger partial charge < -0.3 is 10.2 Å². The van der Waals surface area contributed by atoms with Gasteiger partial charge in [0.25, 0.3) is 0 Å². The van der Waals surface area contributed by atoms with Crippen molar-refractivity contribution in [3.8, 4) is 6.07 Å². The molecule has 3 nitrogen and oxygen atoms in total. The Morgan fingerprint density at radius 1 is 1.40 bits per heavy atom. The fourth-order valence-corrected chi connectivity index (χ4v) is 2.34. The third kappa shape index (κ3) is 2.70. The lowest BCUT2D eigenvalue weighted by Crippen LogP contribution is -2.49. The van der Waals surface area contributed by atoms with Crippen molar-refractivity contribution >= 4 is 0 Å². The zero-order valence-electron chi connectivity index (χ0n) is 10.4. The predicted octanol–water partition coefficient (Wildman–Crippen LogP) is 1.75. The molecule has 0 aromatic heterocycles. The smallest absolute Gasteiger partial charge is 0.106 e. The molecule has 0 saturated heterocycles. The molecule has 0 amide bonds. The summed E-state index contributed by atoms with van der Waals surface area (Å²) in [4.78, 5) is 2.43. The quantitative estimate of drug-likeness (QED) is 0.769. The Morgan fingerprint density at radius 3 is 2.27 bits per heavy atom. The van der Waals surface area contributed by atoms with Crippen LogP contribution in [0, 0.1) is 11.3 Å². The third-order valence-electron chi connectivity index (χ3n) is 3.89. The van der Waals surface area contributed by atoms with E-state index in [-0.39, 0.29) is 5.54 Å². The summed E-state index contributed by atoms with van der Waals surface area (Å²) >= 11 is 0. The van der Waals surface area contributed by atoms with Gasteiger partial charge in [-0.15, -0.1) is 0 Å². The van der Waals surface area contributed by atoms with Gasteiger partial charge in [-0.05, 0) is 53.6 Å². The van der Waals surface area contributed by atoms with Crippen LogP contribution in [0.25, 0.3) is 0 Å². The maximum absolute atomic E-state index is 9.15. The molecule has 1 saturated carbocycles. The summed E-state index contributed by atoms with van der Waals surface area (Å²) in [5, 5.41) is 12.3. The molecule has 0 heterocycles.